The lowest BCUT2D eigenvalue weighted by Gasteiger charge is -2.15. The molecule has 8 heteroatoms. The number of anilines is 1. The topological polar surface area (TPSA) is 102 Å². The average molecular weight is 323 g/mol. The number of carbonyl (C=O) groups excluding carboxylic acids is 2. The molecule has 0 atom stereocenters. The fourth-order valence-corrected chi connectivity index (χ4v) is 1.87. The van der Waals surface area contributed by atoms with Crippen LogP contribution in [-0.2, 0) is 14.3 Å². The van der Waals surface area contributed by atoms with E-state index in [9.17, 15) is 19.7 Å². The number of nitro groups is 1. The van der Waals surface area contributed by atoms with Crippen molar-refractivity contribution in [2.45, 2.75) is 20.3 Å². The number of rotatable bonds is 8. The van der Waals surface area contributed by atoms with Crippen LogP contribution in [0.15, 0.2) is 18.2 Å². The van der Waals surface area contributed by atoms with Gasteiger partial charge < -0.3 is 10.1 Å². The summed E-state index contributed by atoms with van der Waals surface area (Å²) in [5.74, 6) is -0.616. The van der Waals surface area contributed by atoms with E-state index < -0.39 is 4.92 Å². The number of hydrogen-bond donors (Lipinski definition) is 1. The Hall–Kier alpha value is -2.48. The third-order valence-electron chi connectivity index (χ3n) is 3.13. The van der Waals surface area contributed by atoms with Gasteiger partial charge in [-0.1, -0.05) is 6.07 Å². The van der Waals surface area contributed by atoms with Crippen LogP contribution in [0.25, 0.3) is 0 Å². The Balaban J connectivity index is 2.52. The number of aryl methyl sites for hydroxylation is 1. The number of ether oxygens (including phenoxy) is 1. The first-order valence-corrected chi connectivity index (χ1v) is 7.22. The molecule has 0 saturated carbocycles. The zero-order valence-electron chi connectivity index (χ0n) is 13.5. The van der Waals surface area contributed by atoms with Crippen molar-refractivity contribution >= 4 is 23.3 Å². The molecule has 0 aliphatic rings. The molecular weight excluding hydrogens is 302 g/mol. The first kappa shape index (κ1) is 18.6. The number of esters is 1. The van der Waals surface area contributed by atoms with Crippen LogP contribution < -0.4 is 5.32 Å². The molecule has 1 N–H and O–H groups in total. The van der Waals surface area contributed by atoms with E-state index in [2.05, 4.69) is 5.32 Å². The van der Waals surface area contributed by atoms with Crippen molar-refractivity contribution in [2.24, 2.45) is 0 Å². The van der Waals surface area contributed by atoms with Crippen molar-refractivity contribution in [3.8, 4) is 0 Å². The molecule has 8 nitrogen and oxygen atoms in total. The van der Waals surface area contributed by atoms with E-state index in [0.717, 1.165) is 5.56 Å². The van der Waals surface area contributed by atoms with Crippen molar-refractivity contribution in [1.82, 2.24) is 4.90 Å². The highest BCUT2D eigenvalue weighted by molar-refractivity contribution is 5.92. The number of nitrogens with zero attached hydrogens (tertiary/aromatic N) is 2. The minimum absolute atomic E-state index is 0.0784. The number of likely N-dealkylation sites (N-methyl/N-ethyl adjacent to an activating group) is 1. The molecule has 0 unspecified atom stereocenters. The largest absolute Gasteiger partial charge is 0.465 e. The van der Waals surface area contributed by atoms with Gasteiger partial charge in [-0.2, -0.15) is 0 Å². The van der Waals surface area contributed by atoms with Gasteiger partial charge in [-0.05, 0) is 26.5 Å². The van der Waals surface area contributed by atoms with Gasteiger partial charge >= 0.3 is 5.97 Å². The Morgan fingerprint density at radius 1 is 1.39 bits per heavy atom. The first-order valence-electron chi connectivity index (χ1n) is 7.22. The summed E-state index contributed by atoms with van der Waals surface area (Å²) >= 11 is 0. The lowest BCUT2D eigenvalue weighted by molar-refractivity contribution is -0.384. The van der Waals surface area contributed by atoms with Gasteiger partial charge in [-0.3, -0.25) is 24.6 Å². The number of benzene rings is 1. The number of hydrogen-bond acceptors (Lipinski definition) is 6. The second-order valence-corrected chi connectivity index (χ2v) is 5.10. The molecule has 0 heterocycles. The summed E-state index contributed by atoms with van der Waals surface area (Å²) in [6.45, 7) is 4.29. The standard InChI is InChI=1S/C15H21N3O5/c1-4-23-15(20)10-17(3)8-7-14(19)16-13-9-12(18(21)22)6-5-11(13)2/h5-6,9H,4,7-8,10H2,1-3H3,(H,16,19). The van der Waals surface area contributed by atoms with Crippen molar-refractivity contribution in [3.05, 3.63) is 33.9 Å². The second kappa shape index (κ2) is 8.84. The third-order valence-corrected chi connectivity index (χ3v) is 3.13. The Bertz CT molecular complexity index is 588. The van der Waals surface area contributed by atoms with Crippen LogP contribution in [0.5, 0.6) is 0 Å². The van der Waals surface area contributed by atoms with Gasteiger partial charge in [0.2, 0.25) is 5.91 Å². The van der Waals surface area contributed by atoms with E-state index in [0.29, 0.717) is 18.8 Å². The predicted molar refractivity (Wildman–Crippen MR) is 85.2 cm³/mol. The molecule has 0 bridgehead atoms. The predicted octanol–water partition coefficient (Wildman–Crippen LogP) is 1.73. The summed E-state index contributed by atoms with van der Waals surface area (Å²) in [4.78, 5) is 35.2. The molecule has 0 aliphatic heterocycles. The lowest BCUT2D eigenvalue weighted by atomic mass is 10.1. The van der Waals surface area contributed by atoms with Crippen LogP contribution in [0.4, 0.5) is 11.4 Å². The van der Waals surface area contributed by atoms with Crippen molar-refractivity contribution in [2.75, 3.05) is 32.1 Å². The molecule has 0 aromatic heterocycles. The number of nitro benzene ring substituents is 1. The van der Waals surface area contributed by atoms with E-state index in [4.69, 9.17) is 4.74 Å². The van der Waals surface area contributed by atoms with Crippen LogP contribution in [-0.4, -0.2) is 48.4 Å². The highest BCUT2D eigenvalue weighted by Crippen LogP contribution is 2.21. The maximum absolute atomic E-state index is 11.9. The minimum Gasteiger partial charge on any atom is -0.465 e. The summed E-state index contributed by atoms with van der Waals surface area (Å²) in [7, 11) is 1.71. The van der Waals surface area contributed by atoms with Gasteiger partial charge in [0.1, 0.15) is 0 Å². The normalized spacial score (nSPS) is 10.4. The van der Waals surface area contributed by atoms with Gasteiger partial charge in [0.05, 0.1) is 23.8 Å². The quantitative estimate of drug-likeness (QED) is 0.444. The fraction of sp³-hybridized carbons (Fsp3) is 0.467. The monoisotopic (exact) mass is 323 g/mol. The van der Waals surface area contributed by atoms with Crippen molar-refractivity contribution in [1.29, 1.82) is 0 Å². The first-order chi connectivity index (χ1) is 10.8. The number of nitrogens with one attached hydrogen (secondary N) is 1. The van der Waals surface area contributed by atoms with Crippen LogP contribution in [0.3, 0.4) is 0 Å². The van der Waals surface area contributed by atoms with Crippen LogP contribution >= 0.6 is 0 Å². The van der Waals surface area contributed by atoms with Gasteiger partial charge in [-0.15, -0.1) is 0 Å². The van der Waals surface area contributed by atoms with E-state index >= 15 is 0 Å². The number of amides is 1. The molecule has 0 fully saturated rings. The van der Waals surface area contributed by atoms with Crippen LogP contribution in [0.2, 0.25) is 0 Å². The van der Waals surface area contributed by atoms with Crippen molar-refractivity contribution < 1.29 is 19.2 Å². The number of carbonyl (C=O) groups is 2. The molecule has 1 rings (SSSR count). The van der Waals surface area contributed by atoms with E-state index in [1.165, 1.54) is 12.1 Å². The molecule has 1 aromatic carbocycles. The van der Waals surface area contributed by atoms with Gasteiger partial charge in [0.25, 0.3) is 5.69 Å². The Labute approximate surface area is 134 Å². The molecule has 126 valence electrons. The summed E-state index contributed by atoms with van der Waals surface area (Å²) in [5.41, 5.74) is 1.08. The molecule has 1 amide bonds. The molecular formula is C15H21N3O5. The zero-order chi connectivity index (χ0) is 17.4. The lowest BCUT2D eigenvalue weighted by Crippen LogP contribution is -2.30. The fourth-order valence-electron chi connectivity index (χ4n) is 1.87. The zero-order valence-corrected chi connectivity index (χ0v) is 13.5. The molecule has 0 radical (unpaired) electrons. The van der Waals surface area contributed by atoms with E-state index in [1.54, 1.807) is 31.9 Å². The van der Waals surface area contributed by atoms with E-state index in [-0.39, 0.29) is 30.5 Å². The minimum atomic E-state index is -0.512. The summed E-state index contributed by atoms with van der Waals surface area (Å²) in [5, 5.41) is 13.4. The van der Waals surface area contributed by atoms with Crippen molar-refractivity contribution in [3.63, 3.8) is 0 Å². The highest BCUT2D eigenvalue weighted by atomic mass is 16.6. The maximum Gasteiger partial charge on any atom is 0.320 e. The molecule has 0 spiro atoms. The summed E-state index contributed by atoms with van der Waals surface area (Å²) < 4.78 is 4.82. The SMILES string of the molecule is CCOC(=O)CN(C)CCC(=O)Nc1cc([N+](=O)[O-])ccc1C. The van der Waals surface area contributed by atoms with Gasteiger partial charge in [0, 0.05) is 25.1 Å². The summed E-state index contributed by atoms with van der Waals surface area (Å²) in [6, 6.07) is 4.30. The molecule has 0 aliphatic carbocycles. The van der Waals surface area contributed by atoms with Crippen LogP contribution in [0.1, 0.15) is 18.9 Å². The Morgan fingerprint density at radius 2 is 2.09 bits per heavy atom. The maximum atomic E-state index is 11.9. The number of non-ortho nitro benzene ring substituents is 1. The van der Waals surface area contributed by atoms with Gasteiger partial charge in [-0.25, -0.2) is 0 Å². The average Bonchev–Trinajstić information content (AvgIpc) is 2.47. The molecule has 0 saturated heterocycles. The molecule has 1 aromatic rings. The Kier molecular flexibility index (Phi) is 7.14. The third kappa shape index (κ3) is 6.43. The summed E-state index contributed by atoms with van der Waals surface area (Å²) in [6.07, 6.45) is 0.165. The Morgan fingerprint density at radius 3 is 2.70 bits per heavy atom. The van der Waals surface area contributed by atoms with Crippen LogP contribution in [0, 0.1) is 17.0 Å². The second-order valence-electron chi connectivity index (χ2n) is 5.10. The highest BCUT2D eigenvalue weighted by Gasteiger charge is 2.13. The smallest absolute Gasteiger partial charge is 0.320 e. The molecule has 23 heavy (non-hydrogen) atoms. The van der Waals surface area contributed by atoms with E-state index in [1.807, 2.05) is 0 Å². The van der Waals surface area contributed by atoms with Gasteiger partial charge in [0.15, 0.2) is 0 Å².